The van der Waals surface area contributed by atoms with E-state index in [4.69, 9.17) is 16.0 Å². The van der Waals surface area contributed by atoms with Gasteiger partial charge in [-0.25, -0.2) is 4.39 Å². The maximum atomic E-state index is 14.0. The minimum atomic E-state index is -0.633. The van der Waals surface area contributed by atoms with Gasteiger partial charge in [-0.2, -0.15) is 0 Å². The van der Waals surface area contributed by atoms with Crippen LogP contribution in [-0.4, -0.2) is 23.9 Å². The van der Waals surface area contributed by atoms with Crippen molar-refractivity contribution in [3.8, 4) is 0 Å². The SMILES string of the molecule is O=C(NCC(c1ccco1)N1CCc2ccccc2C1)c1c(F)cccc1Cl. The lowest BCUT2D eigenvalue weighted by molar-refractivity contribution is 0.0915. The van der Waals surface area contributed by atoms with Crippen LogP contribution < -0.4 is 5.32 Å². The van der Waals surface area contributed by atoms with Gasteiger partial charge in [0.05, 0.1) is 22.9 Å². The van der Waals surface area contributed by atoms with E-state index >= 15 is 0 Å². The van der Waals surface area contributed by atoms with Crippen LogP contribution >= 0.6 is 11.6 Å². The molecule has 1 aliphatic rings. The first kappa shape index (κ1) is 18.7. The summed E-state index contributed by atoms with van der Waals surface area (Å²) < 4.78 is 19.7. The van der Waals surface area contributed by atoms with E-state index in [0.29, 0.717) is 6.54 Å². The summed E-state index contributed by atoms with van der Waals surface area (Å²) in [5.41, 5.74) is 2.49. The molecular formula is C22H20ClFN2O2. The molecule has 4 rings (SSSR count). The molecule has 2 heterocycles. The largest absolute Gasteiger partial charge is 0.468 e. The smallest absolute Gasteiger partial charge is 0.255 e. The zero-order chi connectivity index (χ0) is 19.5. The number of rotatable bonds is 5. The Kier molecular flexibility index (Phi) is 5.46. The third-order valence-electron chi connectivity index (χ3n) is 5.12. The van der Waals surface area contributed by atoms with Gasteiger partial charge in [-0.15, -0.1) is 0 Å². The molecule has 4 nitrogen and oxygen atoms in total. The third kappa shape index (κ3) is 3.81. The minimum Gasteiger partial charge on any atom is -0.468 e. The Morgan fingerprint density at radius 2 is 1.96 bits per heavy atom. The lowest BCUT2D eigenvalue weighted by Crippen LogP contribution is -2.40. The molecule has 28 heavy (non-hydrogen) atoms. The van der Waals surface area contributed by atoms with Crippen molar-refractivity contribution in [2.45, 2.75) is 19.0 Å². The summed E-state index contributed by atoms with van der Waals surface area (Å²) in [4.78, 5) is 14.8. The first-order chi connectivity index (χ1) is 13.6. The Hall–Kier alpha value is -2.63. The first-order valence-corrected chi connectivity index (χ1v) is 9.57. The highest BCUT2D eigenvalue weighted by Crippen LogP contribution is 2.28. The van der Waals surface area contributed by atoms with Crippen LogP contribution in [0.25, 0.3) is 0 Å². The number of carbonyl (C=O) groups is 1. The van der Waals surface area contributed by atoms with Crippen molar-refractivity contribution in [1.29, 1.82) is 0 Å². The molecule has 3 aromatic rings. The van der Waals surface area contributed by atoms with Crippen LogP contribution in [0.5, 0.6) is 0 Å². The first-order valence-electron chi connectivity index (χ1n) is 9.20. The molecule has 0 spiro atoms. The van der Waals surface area contributed by atoms with Gasteiger partial charge in [0.25, 0.3) is 5.91 Å². The summed E-state index contributed by atoms with van der Waals surface area (Å²) in [6.45, 7) is 1.90. The summed E-state index contributed by atoms with van der Waals surface area (Å²) >= 11 is 6.01. The van der Waals surface area contributed by atoms with Crippen molar-refractivity contribution in [3.63, 3.8) is 0 Å². The Bertz CT molecular complexity index is 954. The van der Waals surface area contributed by atoms with Crippen molar-refractivity contribution in [2.24, 2.45) is 0 Å². The quantitative estimate of drug-likeness (QED) is 0.683. The average Bonchev–Trinajstić information content (AvgIpc) is 3.22. The predicted molar refractivity (Wildman–Crippen MR) is 106 cm³/mol. The Balaban J connectivity index is 1.53. The maximum absolute atomic E-state index is 14.0. The maximum Gasteiger partial charge on any atom is 0.255 e. The molecule has 0 bridgehead atoms. The van der Waals surface area contributed by atoms with Crippen LogP contribution in [-0.2, 0) is 13.0 Å². The van der Waals surface area contributed by atoms with Gasteiger partial charge in [-0.1, -0.05) is 41.9 Å². The molecule has 144 valence electrons. The van der Waals surface area contributed by atoms with E-state index < -0.39 is 11.7 Å². The van der Waals surface area contributed by atoms with Crippen molar-refractivity contribution in [3.05, 3.63) is 94.2 Å². The van der Waals surface area contributed by atoms with Crippen LogP contribution in [0.1, 0.15) is 33.3 Å². The average molecular weight is 399 g/mol. The number of hydrogen-bond acceptors (Lipinski definition) is 3. The highest BCUT2D eigenvalue weighted by Gasteiger charge is 2.27. The van der Waals surface area contributed by atoms with Gasteiger partial charge in [0.1, 0.15) is 11.6 Å². The molecule has 1 aliphatic heterocycles. The second-order valence-electron chi connectivity index (χ2n) is 6.83. The molecule has 1 unspecified atom stereocenters. The third-order valence-corrected chi connectivity index (χ3v) is 5.43. The number of fused-ring (bicyclic) bond motifs is 1. The fourth-order valence-corrected chi connectivity index (χ4v) is 3.92. The summed E-state index contributed by atoms with van der Waals surface area (Å²) in [6.07, 6.45) is 2.55. The zero-order valence-corrected chi connectivity index (χ0v) is 16.0. The number of nitrogens with zero attached hydrogens (tertiary/aromatic N) is 1. The summed E-state index contributed by atoms with van der Waals surface area (Å²) in [5.74, 6) is -0.400. The number of furan rings is 1. The molecule has 0 fully saturated rings. The Labute approximate surface area is 167 Å². The van der Waals surface area contributed by atoms with Gasteiger partial charge in [0.2, 0.25) is 0 Å². The molecular weight excluding hydrogens is 379 g/mol. The van der Waals surface area contributed by atoms with E-state index in [1.807, 2.05) is 18.2 Å². The second-order valence-corrected chi connectivity index (χ2v) is 7.23. The molecule has 1 atom stereocenters. The number of carbonyl (C=O) groups excluding carboxylic acids is 1. The fourth-order valence-electron chi connectivity index (χ4n) is 3.67. The van der Waals surface area contributed by atoms with Gasteiger partial charge < -0.3 is 9.73 Å². The highest BCUT2D eigenvalue weighted by molar-refractivity contribution is 6.33. The molecule has 0 saturated carbocycles. The van der Waals surface area contributed by atoms with Gasteiger partial charge in [-0.05, 0) is 41.8 Å². The number of halogens is 2. The minimum absolute atomic E-state index is 0.0962. The van der Waals surface area contributed by atoms with Gasteiger partial charge >= 0.3 is 0 Å². The predicted octanol–water partition coefficient (Wildman–Crippen LogP) is 4.60. The van der Waals surface area contributed by atoms with Gasteiger partial charge in [0.15, 0.2) is 0 Å². The lowest BCUT2D eigenvalue weighted by atomic mass is 9.98. The standard InChI is InChI=1S/C22H20ClFN2O2/c23-17-7-3-8-18(24)21(17)22(27)25-13-19(20-9-4-12-28-20)26-11-10-15-5-1-2-6-16(15)14-26/h1-9,12,19H,10-11,13-14H2,(H,25,27). The van der Waals surface area contributed by atoms with Crippen molar-refractivity contribution in [1.82, 2.24) is 10.2 Å². The monoisotopic (exact) mass is 398 g/mol. The van der Waals surface area contributed by atoms with Crippen LogP contribution in [0.4, 0.5) is 4.39 Å². The number of hydrogen-bond donors (Lipinski definition) is 1. The summed E-state index contributed by atoms with van der Waals surface area (Å²) in [5, 5.41) is 2.92. The zero-order valence-electron chi connectivity index (χ0n) is 15.2. The molecule has 2 aromatic carbocycles. The molecule has 0 aliphatic carbocycles. The Morgan fingerprint density at radius 1 is 1.14 bits per heavy atom. The van der Waals surface area contributed by atoms with E-state index in [1.54, 1.807) is 6.26 Å². The van der Waals surface area contributed by atoms with Crippen LogP contribution in [0.3, 0.4) is 0 Å². The number of amides is 1. The number of nitrogens with one attached hydrogen (secondary N) is 1. The van der Waals surface area contributed by atoms with E-state index in [1.165, 1.54) is 29.3 Å². The second kappa shape index (κ2) is 8.17. The van der Waals surface area contributed by atoms with Crippen LogP contribution in [0, 0.1) is 5.82 Å². The number of benzene rings is 2. The van der Waals surface area contributed by atoms with E-state index in [0.717, 1.165) is 25.3 Å². The molecule has 1 amide bonds. The highest BCUT2D eigenvalue weighted by atomic mass is 35.5. The van der Waals surface area contributed by atoms with Crippen LogP contribution in [0.15, 0.2) is 65.3 Å². The molecule has 0 saturated heterocycles. The normalized spacial score (nSPS) is 15.1. The lowest BCUT2D eigenvalue weighted by Gasteiger charge is -2.34. The molecule has 1 N–H and O–H groups in total. The van der Waals surface area contributed by atoms with E-state index in [9.17, 15) is 9.18 Å². The van der Waals surface area contributed by atoms with Crippen molar-refractivity contribution in [2.75, 3.05) is 13.1 Å². The van der Waals surface area contributed by atoms with Gasteiger partial charge in [0, 0.05) is 19.6 Å². The Morgan fingerprint density at radius 3 is 2.71 bits per heavy atom. The van der Waals surface area contributed by atoms with Crippen molar-refractivity contribution < 1.29 is 13.6 Å². The molecule has 0 radical (unpaired) electrons. The summed E-state index contributed by atoms with van der Waals surface area (Å²) in [6, 6.07) is 16.1. The molecule has 1 aromatic heterocycles. The van der Waals surface area contributed by atoms with Crippen LogP contribution in [0.2, 0.25) is 5.02 Å². The van der Waals surface area contributed by atoms with E-state index in [-0.39, 0.29) is 16.6 Å². The molecule has 6 heteroatoms. The fraction of sp³-hybridized carbons (Fsp3) is 0.227. The topological polar surface area (TPSA) is 45.5 Å². The van der Waals surface area contributed by atoms with E-state index in [2.05, 4.69) is 28.4 Å². The van der Waals surface area contributed by atoms with Crippen molar-refractivity contribution >= 4 is 17.5 Å². The summed E-state index contributed by atoms with van der Waals surface area (Å²) in [7, 11) is 0. The van der Waals surface area contributed by atoms with Gasteiger partial charge in [-0.3, -0.25) is 9.69 Å².